The van der Waals surface area contributed by atoms with Gasteiger partial charge in [0.05, 0.1) is 12.2 Å². The van der Waals surface area contributed by atoms with Gasteiger partial charge in [-0.1, -0.05) is 11.6 Å². The van der Waals surface area contributed by atoms with Crippen molar-refractivity contribution in [1.82, 2.24) is 0 Å². The molecule has 3 heteroatoms. The monoisotopic (exact) mass is 238 g/mol. The molecule has 0 aromatic carbocycles. The molecule has 1 aliphatic rings. The molecule has 0 saturated carbocycles. The topological polar surface area (TPSA) is 38.8 Å². The second-order valence-corrected chi connectivity index (χ2v) is 4.78. The smallest absolute Gasteiger partial charge is 0.330 e. The maximum absolute atomic E-state index is 11.1. The van der Waals surface area contributed by atoms with E-state index in [1.54, 1.807) is 13.0 Å². The summed E-state index contributed by atoms with van der Waals surface area (Å²) in [5.41, 5.74) is 1.22. The highest BCUT2D eigenvalue weighted by atomic mass is 16.6. The van der Waals surface area contributed by atoms with Crippen LogP contribution in [0.3, 0.4) is 0 Å². The number of ether oxygens (including phenoxy) is 2. The molecule has 96 valence electrons. The lowest BCUT2D eigenvalue weighted by Crippen LogP contribution is -2.08. The first-order chi connectivity index (χ1) is 7.98. The van der Waals surface area contributed by atoms with Crippen LogP contribution in [0.1, 0.15) is 40.5 Å². The fourth-order valence-electron chi connectivity index (χ4n) is 1.70. The first-order valence-electron chi connectivity index (χ1n) is 6.14. The molecule has 1 heterocycles. The van der Waals surface area contributed by atoms with E-state index in [0.717, 1.165) is 12.8 Å². The third-order valence-electron chi connectivity index (χ3n) is 2.83. The Morgan fingerprint density at radius 1 is 1.47 bits per heavy atom. The number of carbonyl (C=O) groups excluding carboxylic acids is 1. The molecule has 3 nitrogen and oxygen atoms in total. The largest absolute Gasteiger partial charge is 0.463 e. The summed E-state index contributed by atoms with van der Waals surface area (Å²) >= 11 is 0. The van der Waals surface area contributed by atoms with E-state index in [-0.39, 0.29) is 17.7 Å². The minimum absolute atomic E-state index is 0.0532. The fourth-order valence-corrected chi connectivity index (χ4v) is 1.70. The molecule has 0 aromatic rings. The van der Waals surface area contributed by atoms with Gasteiger partial charge in [0.2, 0.25) is 0 Å². The van der Waals surface area contributed by atoms with Crippen LogP contribution < -0.4 is 0 Å². The molecule has 17 heavy (non-hydrogen) atoms. The Morgan fingerprint density at radius 3 is 2.76 bits per heavy atom. The van der Waals surface area contributed by atoms with Crippen LogP contribution >= 0.6 is 0 Å². The lowest BCUT2D eigenvalue weighted by atomic mass is 10.0. The summed E-state index contributed by atoms with van der Waals surface area (Å²) in [4.78, 5) is 11.1. The number of allylic oxidation sites excluding steroid dienone is 2. The molecule has 1 saturated heterocycles. The summed E-state index contributed by atoms with van der Waals surface area (Å²) in [5.74, 6) is -0.297. The molecule has 0 aliphatic carbocycles. The second-order valence-electron chi connectivity index (χ2n) is 4.78. The van der Waals surface area contributed by atoms with Gasteiger partial charge in [0.1, 0.15) is 6.10 Å². The van der Waals surface area contributed by atoms with E-state index in [0.29, 0.717) is 6.61 Å². The van der Waals surface area contributed by atoms with E-state index in [4.69, 9.17) is 9.47 Å². The highest BCUT2D eigenvalue weighted by Gasteiger charge is 2.49. The summed E-state index contributed by atoms with van der Waals surface area (Å²) in [6, 6.07) is 0. The van der Waals surface area contributed by atoms with E-state index in [9.17, 15) is 4.79 Å². The molecule has 0 amide bonds. The molecule has 2 atom stereocenters. The molecule has 0 unspecified atom stereocenters. The lowest BCUT2D eigenvalue weighted by Gasteiger charge is -2.02. The minimum Gasteiger partial charge on any atom is -0.463 e. The summed E-state index contributed by atoms with van der Waals surface area (Å²) in [7, 11) is 0. The van der Waals surface area contributed by atoms with Crippen molar-refractivity contribution >= 4 is 5.97 Å². The number of hydrogen-bond acceptors (Lipinski definition) is 3. The first-order valence-corrected chi connectivity index (χ1v) is 6.14. The summed E-state index contributed by atoms with van der Waals surface area (Å²) in [5, 5.41) is 0. The van der Waals surface area contributed by atoms with Gasteiger partial charge in [-0.2, -0.15) is 0 Å². The normalized spacial score (nSPS) is 26.9. The summed E-state index contributed by atoms with van der Waals surface area (Å²) < 4.78 is 10.4. The molecule has 0 bridgehead atoms. The van der Waals surface area contributed by atoms with Gasteiger partial charge in [-0.05, 0) is 46.6 Å². The SMILES string of the molecule is CCOC(=O)/C=C/[C@@H]1O[C@@]1(C)CCC=C(C)C. The van der Waals surface area contributed by atoms with Crippen LogP contribution in [0.5, 0.6) is 0 Å². The Labute approximate surface area is 103 Å². The maximum atomic E-state index is 11.1. The molecule has 0 radical (unpaired) electrons. The standard InChI is InChI=1S/C14H22O3/c1-5-16-13(15)9-8-12-14(4,17-12)10-6-7-11(2)3/h7-9,12H,5-6,10H2,1-4H3/b9-8+/t12-,14-/m0/s1. The molecule has 0 N–H and O–H groups in total. The van der Waals surface area contributed by atoms with Gasteiger partial charge in [-0.25, -0.2) is 4.79 Å². The summed E-state index contributed by atoms with van der Waals surface area (Å²) in [6.07, 6.45) is 7.51. The number of carbonyl (C=O) groups is 1. The minimum atomic E-state index is -0.297. The van der Waals surface area contributed by atoms with Crippen molar-refractivity contribution in [3.05, 3.63) is 23.8 Å². The van der Waals surface area contributed by atoms with Crippen molar-refractivity contribution in [2.75, 3.05) is 6.61 Å². The molecule has 1 rings (SSSR count). The first kappa shape index (κ1) is 14.0. The Morgan fingerprint density at radius 2 is 2.18 bits per heavy atom. The van der Waals surface area contributed by atoms with Crippen LogP contribution in [-0.4, -0.2) is 24.3 Å². The van der Waals surface area contributed by atoms with Crippen molar-refractivity contribution in [2.45, 2.75) is 52.2 Å². The number of epoxide rings is 1. The van der Waals surface area contributed by atoms with Crippen LogP contribution in [-0.2, 0) is 14.3 Å². The zero-order chi connectivity index (χ0) is 12.9. The van der Waals surface area contributed by atoms with Gasteiger partial charge in [-0.15, -0.1) is 0 Å². The molecule has 1 aliphatic heterocycles. The van der Waals surface area contributed by atoms with Crippen LogP contribution in [0.25, 0.3) is 0 Å². The lowest BCUT2D eigenvalue weighted by molar-refractivity contribution is -0.137. The number of hydrogen-bond donors (Lipinski definition) is 0. The molecular weight excluding hydrogens is 216 g/mol. The van der Waals surface area contributed by atoms with Crippen LogP contribution in [0.15, 0.2) is 23.8 Å². The van der Waals surface area contributed by atoms with Crippen molar-refractivity contribution in [1.29, 1.82) is 0 Å². The second kappa shape index (κ2) is 6.01. The zero-order valence-electron chi connectivity index (χ0n) is 11.2. The Hall–Kier alpha value is -1.09. The molecule has 0 spiro atoms. The van der Waals surface area contributed by atoms with E-state index in [1.165, 1.54) is 11.6 Å². The maximum Gasteiger partial charge on any atom is 0.330 e. The Kier molecular flexibility index (Phi) is 4.94. The predicted molar refractivity (Wildman–Crippen MR) is 67.7 cm³/mol. The van der Waals surface area contributed by atoms with Gasteiger partial charge >= 0.3 is 5.97 Å². The zero-order valence-corrected chi connectivity index (χ0v) is 11.2. The Bertz CT molecular complexity index is 326. The molecule has 0 aromatic heterocycles. The van der Waals surface area contributed by atoms with E-state index in [1.807, 2.05) is 0 Å². The molecule has 1 fully saturated rings. The highest BCUT2D eigenvalue weighted by Crippen LogP contribution is 2.41. The number of esters is 1. The summed E-state index contributed by atoms with van der Waals surface area (Å²) in [6.45, 7) is 8.46. The van der Waals surface area contributed by atoms with Crippen molar-refractivity contribution in [2.24, 2.45) is 0 Å². The quantitative estimate of drug-likeness (QED) is 0.309. The molecular formula is C14H22O3. The van der Waals surface area contributed by atoms with Gasteiger partial charge < -0.3 is 9.47 Å². The third kappa shape index (κ3) is 4.73. The van der Waals surface area contributed by atoms with Gasteiger partial charge in [0.25, 0.3) is 0 Å². The predicted octanol–water partition coefficient (Wildman–Crippen LogP) is 3.01. The highest BCUT2D eigenvalue weighted by molar-refractivity contribution is 5.82. The van der Waals surface area contributed by atoms with Gasteiger partial charge in [0.15, 0.2) is 0 Å². The van der Waals surface area contributed by atoms with Crippen LogP contribution in [0, 0.1) is 0 Å². The van der Waals surface area contributed by atoms with Gasteiger partial charge in [0, 0.05) is 6.08 Å². The average molecular weight is 238 g/mol. The van der Waals surface area contributed by atoms with Crippen molar-refractivity contribution in [3.8, 4) is 0 Å². The number of rotatable bonds is 6. The van der Waals surface area contributed by atoms with Gasteiger partial charge in [-0.3, -0.25) is 0 Å². The average Bonchev–Trinajstić information content (AvgIpc) is 2.87. The third-order valence-corrected chi connectivity index (χ3v) is 2.83. The van der Waals surface area contributed by atoms with Crippen LogP contribution in [0.4, 0.5) is 0 Å². The van der Waals surface area contributed by atoms with Crippen molar-refractivity contribution in [3.63, 3.8) is 0 Å². The van der Waals surface area contributed by atoms with E-state index in [2.05, 4.69) is 26.8 Å². The van der Waals surface area contributed by atoms with E-state index >= 15 is 0 Å². The van der Waals surface area contributed by atoms with E-state index < -0.39 is 0 Å². The van der Waals surface area contributed by atoms with Crippen LogP contribution in [0.2, 0.25) is 0 Å². The van der Waals surface area contributed by atoms with Crippen molar-refractivity contribution < 1.29 is 14.3 Å². The Balaban J connectivity index is 2.31. The fraction of sp³-hybridized carbons (Fsp3) is 0.643.